The molecule has 0 amide bonds. The van der Waals surface area contributed by atoms with Crippen LogP contribution in [0.4, 0.5) is 8.78 Å². The standard InChI is InChI=1S/C15H22F2N2O.2ClH/c1-2-3-14(19-10-8-18-9-11-19)12-4-6-13(7-5-12)20-15(16)17;;/h4-7,14-15,18H,2-3,8-11H2,1H3;2*1H/t14-;;/m1../s1. The number of piperazine rings is 1. The Morgan fingerprint density at radius 3 is 2.23 bits per heavy atom. The number of rotatable bonds is 6. The molecular formula is C15H24Cl2F2N2O. The van der Waals surface area contributed by atoms with Crippen LogP contribution in [0.2, 0.25) is 0 Å². The quantitative estimate of drug-likeness (QED) is 0.836. The number of nitrogens with one attached hydrogen (secondary N) is 1. The van der Waals surface area contributed by atoms with Gasteiger partial charge in [0.1, 0.15) is 5.75 Å². The maximum Gasteiger partial charge on any atom is 0.387 e. The minimum absolute atomic E-state index is 0. The molecule has 3 nitrogen and oxygen atoms in total. The van der Waals surface area contributed by atoms with Gasteiger partial charge in [-0.05, 0) is 24.1 Å². The van der Waals surface area contributed by atoms with Crippen LogP contribution in [0.15, 0.2) is 24.3 Å². The Hall–Kier alpha value is -0.620. The maximum absolute atomic E-state index is 12.2. The Balaban J connectivity index is 0.00000220. The molecular weight excluding hydrogens is 333 g/mol. The minimum Gasteiger partial charge on any atom is -0.435 e. The van der Waals surface area contributed by atoms with E-state index in [2.05, 4.69) is 21.9 Å². The van der Waals surface area contributed by atoms with E-state index in [-0.39, 0.29) is 30.6 Å². The lowest BCUT2D eigenvalue weighted by Crippen LogP contribution is -2.45. The molecule has 1 atom stereocenters. The molecule has 1 aliphatic heterocycles. The van der Waals surface area contributed by atoms with Gasteiger partial charge in [-0.15, -0.1) is 24.8 Å². The molecule has 1 aromatic carbocycles. The molecule has 22 heavy (non-hydrogen) atoms. The molecule has 1 aliphatic rings. The monoisotopic (exact) mass is 356 g/mol. The van der Waals surface area contributed by atoms with E-state index < -0.39 is 6.61 Å². The van der Waals surface area contributed by atoms with Crippen molar-refractivity contribution in [1.29, 1.82) is 0 Å². The van der Waals surface area contributed by atoms with E-state index in [0.29, 0.717) is 6.04 Å². The van der Waals surface area contributed by atoms with E-state index in [1.165, 1.54) is 5.56 Å². The van der Waals surface area contributed by atoms with Crippen molar-refractivity contribution in [1.82, 2.24) is 10.2 Å². The third-order valence-corrected chi connectivity index (χ3v) is 3.64. The maximum atomic E-state index is 12.2. The summed E-state index contributed by atoms with van der Waals surface area (Å²) in [7, 11) is 0. The molecule has 0 saturated carbocycles. The predicted octanol–water partition coefficient (Wildman–Crippen LogP) is 3.88. The summed E-state index contributed by atoms with van der Waals surface area (Å²) in [4.78, 5) is 2.46. The first-order valence-corrected chi connectivity index (χ1v) is 7.20. The molecule has 1 aromatic rings. The van der Waals surface area contributed by atoms with Gasteiger partial charge in [0.2, 0.25) is 0 Å². The van der Waals surface area contributed by atoms with Crippen LogP contribution in [0.1, 0.15) is 31.4 Å². The molecule has 0 aromatic heterocycles. The highest BCUT2D eigenvalue weighted by Crippen LogP contribution is 2.27. The van der Waals surface area contributed by atoms with Gasteiger partial charge in [0.15, 0.2) is 0 Å². The van der Waals surface area contributed by atoms with Crippen LogP contribution in [-0.4, -0.2) is 37.7 Å². The molecule has 2 rings (SSSR count). The van der Waals surface area contributed by atoms with Gasteiger partial charge in [0, 0.05) is 32.2 Å². The third-order valence-electron chi connectivity index (χ3n) is 3.64. The molecule has 0 aliphatic carbocycles. The SMILES string of the molecule is CCC[C@H](c1ccc(OC(F)F)cc1)N1CCNCC1.Cl.Cl. The number of alkyl halides is 2. The summed E-state index contributed by atoms with van der Waals surface area (Å²) in [6.07, 6.45) is 2.18. The molecule has 128 valence electrons. The van der Waals surface area contributed by atoms with Crippen LogP contribution >= 0.6 is 24.8 Å². The molecule has 1 fully saturated rings. The Bertz CT molecular complexity index is 401. The summed E-state index contributed by atoms with van der Waals surface area (Å²) >= 11 is 0. The molecule has 7 heteroatoms. The van der Waals surface area contributed by atoms with Crippen molar-refractivity contribution < 1.29 is 13.5 Å². The van der Waals surface area contributed by atoms with Gasteiger partial charge in [-0.1, -0.05) is 25.5 Å². The highest BCUT2D eigenvalue weighted by Gasteiger charge is 2.21. The molecule has 0 bridgehead atoms. The predicted molar refractivity (Wildman–Crippen MR) is 89.7 cm³/mol. The number of halogens is 4. The van der Waals surface area contributed by atoms with Crippen LogP contribution in [0.25, 0.3) is 0 Å². The van der Waals surface area contributed by atoms with Crippen LogP contribution in [0.5, 0.6) is 5.75 Å². The lowest BCUT2D eigenvalue weighted by molar-refractivity contribution is -0.0498. The third kappa shape index (κ3) is 6.24. The molecule has 0 unspecified atom stereocenters. The van der Waals surface area contributed by atoms with E-state index in [1.54, 1.807) is 12.1 Å². The van der Waals surface area contributed by atoms with Crippen LogP contribution < -0.4 is 10.1 Å². The number of hydrogen-bond acceptors (Lipinski definition) is 3. The summed E-state index contributed by atoms with van der Waals surface area (Å²) in [5, 5.41) is 3.35. The summed E-state index contributed by atoms with van der Waals surface area (Å²) in [5.74, 6) is 0.222. The fraction of sp³-hybridized carbons (Fsp3) is 0.600. The Morgan fingerprint density at radius 2 is 1.73 bits per heavy atom. The molecule has 1 N–H and O–H groups in total. The summed E-state index contributed by atoms with van der Waals surface area (Å²) < 4.78 is 28.7. The van der Waals surface area contributed by atoms with Gasteiger partial charge in [0.25, 0.3) is 0 Å². The first kappa shape index (κ1) is 21.4. The fourth-order valence-corrected chi connectivity index (χ4v) is 2.70. The first-order valence-electron chi connectivity index (χ1n) is 7.20. The van der Waals surface area contributed by atoms with Gasteiger partial charge in [-0.25, -0.2) is 0 Å². The number of nitrogens with zero attached hydrogens (tertiary/aromatic N) is 1. The topological polar surface area (TPSA) is 24.5 Å². The zero-order valence-corrected chi connectivity index (χ0v) is 14.3. The second-order valence-electron chi connectivity index (χ2n) is 5.04. The van der Waals surface area contributed by atoms with Gasteiger partial charge in [-0.3, -0.25) is 4.90 Å². The normalized spacial score (nSPS) is 16.5. The fourth-order valence-electron chi connectivity index (χ4n) is 2.70. The molecule has 1 heterocycles. The second-order valence-corrected chi connectivity index (χ2v) is 5.04. The summed E-state index contributed by atoms with van der Waals surface area (Å²) in [6.45, 7) is 3.48. The van der Waals surface area contributed by atoms with E-state index in [1.807, 2.05) is 12.1 Å². The zero-order valence-electron chi connectivity index (χ0n) is 12.6. The number of benzene rings is 1. The van der Waals surface area contributed by atoms with Crippen LogP contribution in [-0.2, 0) is 0 Å². The summed E-state index contributed by atoms with van der Waals surface area (Å²) in [5.41, 5.74) is 1.18. The average Bonchev–Trinajstić information content (AvgIpc) is 2.46. The highest BCUT2D eigenvalue weighted by molar-refractivity contribution is 5.85. The Labute approximate surface area is 143 Å². The molecule has 0 spiro atoms. The van der Waals surface area contributed by atoms with Crippen molar-refractivity contribution >= 4 is 24.8 Å². The number of ether oxygens (including phenoxy) is 1. The van der Waals surface area contributed by atoms with Crippen LogP contribution in [0.3, 0.4) is 0 Å². The van der Waals surface area contributed by atoms with Crippen molar-refractivity contribution in [3.8, 4) is 5.75 Å². The molecule has 1 saturated heterocycles. The van der Waals surface area contributed by atoms with Crippen molar-refractivity contribution in [2.24, 2.45) is 0 Å². The number of hydrogen-bond donors (Lipinski definition) is 1. The van der Waals surface area contributed by atoms with Gasteiger partial charge in [-0.2, -0.15) is 8.78 Å². The highest BCUT2D eigenvalue weighted by atomic mass is 35.5. The largest absolute Gasteiger partial charge is 0.435 e. The minimum atomic E-state index is -2.76. The zero-order chi connectivity index (χ0) is 14.4. The van der Waals surface area contributed by atoms with Crippen molar-refractivity contribution in [3.63, 3.8) is 0 Å². The lowest BCUT2D eigenvalue weighted by Gasteiger charge is -2.35. The smallest absolute Gasteiger partial charge is 0.387 e. The van der Waals surface area contributed by atoms with Gasteiger partial charge in [0.05, 0.1) is 0 Å². The van der Waals surface area contributed by atoms with Crippen LogP contribution in [0, 0.1) is 0 Å². The van der Waals surface area contributed by atoms with Gasteiger partial charge < -0.3 is 10.1 Å². The second kappa shape index (κ2) is 11.0. The van der Waals surface area contributed by atoms with Gasteiger partial charge >= 0.3 is 6.61 Å². The summed E-state index contributed by atoms with van der Waals surface area (Å²) in [6, 6.07) is 7.43. The molecule has 0 radical (unpaired) electrons. The van der Waals surface area contributed by atoms with E-state index in [0.717, 1.165) is 39.0 Å². The van der Waals surface area contributed by atoms with E-state index in [9.17, 15) is 8.78 Å². The van der Waals surface area contributed by atoms with E-state index in [4.69, 9.17) is 0 Å². The Kier molecular flexibility index (Phi) is 10.7. The average molecular weight is 357 g/mol. The van der Waals surface area contributed by atoms with Crippen molar-refractivity contribution in [2.45, 2.75) is 32.4 Å². The Morgan fingerprint density at radius 1 is 1.14 bits per heavy atom. The van der Waals surface area contributed by atoms with Crippen molar-refractivity contribution in [3.05, 3.63) is 29.8 Å². The lowest BCUT2D eigenvalue weighted by atomic mass is 10.00. The van der Waals surface area contributed by atoms with Crippen molar-refractivity contribution in [2.75, 3.05) is 26.2 Å². The van der Waals surface area contributed by atoms with E-state index >= 15 is 0 Å². The first-order chi connectivity index (χ1) is 9.70.